The van der Waals surface area contributed by atoms with Gasteiger partial charge in [-0.2, -0.15) is 0 Å². The molecule has 108 valence electrons. The normalized spacial score (nSPS) is 20.2. The molecule has 1 heterocycles. The summed E-state index contributed by atoms with van der Waals surface area (Å²) in [6.07, 6.45) is 8.28. The van der Waals surface area contributed by atoms with Crippen molar-refractivity contribution in [3.05, 3.63) is 29.8 Å². The van der Waals surface area contributed by atoms with Crippen LogP contribution in [0.3, 0.4) is 0 Å². The number of rotatable bonds is 3. The molecule has 0 unspecified atom stereocenters. The van der Waals surface area contributed by atoms with Crippen LogP contribution in [0.15, 0.2) is 24.3 Å². The fourth-order valence-corrected chi connectivity index (χ4v) is 3.51. The van der Waals surface area contributed by atoms with Crippen LogP contribution >= 0.6 is 0 Å². The van der Waals surface area contributed by atoms with Gasteiger partial charge in [-0.3, -0.25) is 4.79 Å². The SMILES string of the molecule is O=C1NCCN(CCC2CCCCC2)c2ccccc21. The van der Waals surface area contributed by atoms with Crippen LogP contribution in [0.1, 0.15) is 48.9 Å². The van der Waals surface area contributed by atoms with Gasteiger partial charge in [0.05, 0.1) is 5.56 Å². The molecule has 0 spiro atoms. The molecule has 0 atom stereocenters. The molecule has 1 aromatic carbocycles. The molecule has 1 amide bonds. The highest BCUT2D eigenvalue weighted by atomic mass is 16.1. The summed E-state index contributed by atoms with van der Waals surface area (Å²) in [6.45, 7) is 2.75. The number of amides is 1. The zero-order valence-corrected chi connectivity index (χ0v) is 12.1. The Kier molecular flexibility index (Phi) is 4.24. The third-order valence-electron chi connectivity index (χ3n) is 4.69. The van der Waals surface area contributed by atoms with E-state index in [2.05, 4.69) is 16.3 Å². The molecule has 1 aliphatic carbocycles. The first kappa shape index (κ1) is 13.5. The maximum atomic E-state index is 12.0. The van der Waals surface area contributed by atoms with Crippen molar-refractivity contribution >= 4 is 11.6 Å². The summed E-state index contributed by atoms with van der Waals surface area (Å²) in [5.41, 5.74) is 1.94. The van der Waals surface area contributed by atoms with Crippen molar-refractivity contribution in [2.45, 2.75) is 38.5 Å². The summed E-state index contributed by atoms with van der Waals surface area (Å²) >= 11 is 0. The standard InChI is InChI=1S/C17H24N2O/c20-17-15-8-4-5-9-16(15)19(13-11-18-17)12-10-14-6-2-1-3-7-14/h4-5,8-9,14H,1-3,6-7,10-13H2,(H,18,20). The number of carbonyl (C=O) groups excluding carboxylic acids is 1. The van der Waals surface area contributed by atoms with Crippen LogP contribution in [0.5, 0.6) is 0 Å². The van der Waals surface area contributed by atoms with Gasteiger partial charge < -0.3 is 10.2 Å². The topological polar surface area (TPSA) is 32.3 Å². The zero-order chi connectivity index (χ0) is 13.8. The number of anilines is 1. The maximum Gasteiger partial charge on any atom is 0.253 e. The Morgan fingerprint density at radius 2 is 1.95 bits per heavy atom. The lowest BCUT2D eigenvalue weighted by Crippen LogP contribution is -2.31. The lowest BCUT2D eigenvalue weighted by Gasteiger charge is -2.28. The van der Waals surface area contributed by atoms with E-state index in [-0.39, 0.29) is 5.91 Å². The molecule has 1 aliphatic heterocycles. The Morgan fingerprint density at radius 3 is 2.80 bits per heavy atom. The van der Waals surface area contributed by atoms with E-state index in [1.807, 2.05) is 18.2 Å². The summed E-state index contributed by atoms with van der Waals surface area (Å²) in [5.74, 6) is 0.962. The number of hydrogen-bond acceptors (Lipinski definition) is 2. The van der Waals surface area contributed by atoms with Gasteiger partial charge in [-0.05, 0) is 24.5 Å². The average molecular weight is 272 g/mol. The van der Waals surface area contributed by atoms with Gasteiger partial charge in [0.25, 0.3) is 5.91 Å². The Labute approximate surface area is 121 Å². The second kappa shape index (κ2) is 6.29. The molecule has 1 N–H and O–H groups in total. The highest BCUT2D eigenvalue weighted by Crippen LogP contribution is 2.28. The second-order valence-electron chi connectivity index (χ2n) is 6.05. The Balaban J connectivity index is 1.69. The van der Waals surface area contributed by atoms with E-state index in [1.54, 1.807) is 0 Å². The number of carbonyl (C=O) groups is 1. The number of nitrogens with one attached hydrogen (secondary N) is 1. The van der Waals surface area contributed by atoms with Gasteiger partial charge in [-0.1, -0.05) is 44.2 Å². The van der Waals surface area contributed by atoms with Gasteiger partial charge in [0.2, 0.25) is 0 Å². The van der Waals surface area contributed by atoms with Crippen LogP contribution in [0, 0.1) is 5.92 Å². The van der Waals surface area contributed by atoms with Crippen molar-refractivity contribution in [2.24, 2.45) is 5.92 Å². The molecule has 2 aliphatic rings. The van der Waals surface area contributed by atoms with Gasteiger partial charge >= 0.3 is 0 Å². The first-order valence-corrected chi connectivity index (χ1v) is 7.97. The fraction of sp³-hybridized carbons (Fsp3) is 0.588. The molecule has 20 heavy (non-hydrogen) atoms. The maximum absolute atomic E-state index is 12.0. The molecular formula is C17H24N2O. The molecule has 3 rings (SSSR count). The number of nitrogens with zero attached hydrogens (tertiary/aromatic N) is 1. The molecule has 1 saturated carbocycles. The van der Waals surface area contributed by atoms with Crippen LogP contribution in [-0.2, 0) is 0 Å². The quantitative estimate of drug-likeness (QED) is 0.916. The summed E-state index contributed by atoms with van der Waals surface area (Å²) in [6, 6.07) is 8.00. The van der Waals surface area contributed by atoms with Crippen molar-refractivity contribution in [2.75, 3.05) is 24.5 Å². The van der Waals surface area contributed by atoms with Crippen LogP contribution in [0.2, 0.25) is 0 Å². The molecule has 0 aromatic heterocycles. The molecule has 0 saturated heterocycles. The number of hydrogen-bond donors (Lipinski definition) is 1. The third kappa shape index (κ3) is 2.97. The summed E-state index contributed by atoms with van der Waals surface area (Å²) in [7, 11) is 0. The van der Waals surface area contributed by atoms with E-state index in [4.69, 9.17) is 0 Å². The minimum absolute atomic E-state index is 0.0702. The predicted molar refractivity (Wildman–Crippen MR) is 82.2 cm³/mol. The smallest absolute Gasteiger partial charge is 0.253 e. The zero-order valence-electron chi connectivity index (χ0n) is 12.1. The van der Waals surface area contributed by atoms with Gasteiger partial charge in [-0.25, -0.2) is 0 Å². The Bertz CT molecular complexity index is 466. The third-order valence-corrected chi connectivity index (χ3v) is 4.69. The van der Waals surface area contributed by atoms with Crippen molar-refractivity contribution in [1.82, 2.24) is 5.32 Å². The van der Waals surface area contributed by atoms with Crippen LogP contribution in [-0.4, -0.2) is 25.5 Å². The van der Waals surface area contributed by atoms with Crippen LogP contribution in [0.25, 0.3) is 0 Å². The van der Waals surface area contributed by atoms with Gasteiger partial charge in [-0.15, -0.1) is 0 Å². The van der Waals surface area contributed by atoms with E-state index in [0.29, 0.717) is 0 Å². The predicted octanol–water partition coefficient (Wildman–Crippen LogP) is 3.21. The van der Waals surface area contributed by atoms with Crippen molar-refractivity contribution in [3.8, 4) is 0 Å². The first-order chi connectivity index (χ1) is 9.84. The first-order valence-electron chi connectivity index (χ1n) is 7.97. The molecular weight excluding hydrogens is 248 g/mol. The largest absolute Gasteiger partial charge is 0.369 e. The highest BCUT2D eigenvalue weighted by Gasteiger charge is 2.21. The van der Waals surface area contributed by atoms with E-state index >= 15 is 0 Å². The highest BCUT2D eigenvalue weighted by molar-refractivity contribution is 6.00. The number of fused-ring (bicyclic) bond motifs is 1. The Hall–Kier alpha value is -1.51. The molecule has 3 heteroatoms. The van der Waals surface area contributed by atoms with E-state index in [0.717, 1.165) is 36.8 Å². The summed E-state index contributed by atoms with van der Waals surface area (Å²) in [4.78, 5) is 14.4. The summed E-state index contributed by atoms with van der Waals surface area (Å²) in [5, 5.41) is 2.99. The van der Waals surface area contributed by atoms with Gasteiger partial charge in [0.1, 0.15) is 0 Å². The summed E-state index contributed by atoms with van der Waals surface area (Å²) < 4.78 is 0. The van der Waals surface area contributed by atoms with Crippen molar-refractivity contribution < 1.29 is 4.79 Å². The number of para-hydroxylation sites is 1. The Morgan fingerprint density at radius 1 is 1.15 bits per heavy atom. The molecule has 3 nitrogen and oxygen atoms in total. The van der Waals surface area contributed by atoms with Crippen LogP contribution in [0.4, 0.5) is 5.69 Å². The molecule has 1 fully saturated rings. The average Bonchev–Trinajstić information content (AvgIpc) is 2.66. The molecule has 0 radical (unpaired) electrons. The van der Waals surface area contributed by atoms with Gasteiger partial charge in [0.15, 0.2) is 0 Å². The second-order valence-corrected chi connectivity index (χ2v) is 6.05. The lowest BCUT2D eigenvalue weighted by atomic mass is 9.87. The monoisotopic (exact) mass is 272 g/mol. The van der Waals surface area contributed by atoms with Crippen molar-refractivity contribution in [1.29, 1.82) is 0 Å². The van der Waals surface area contributed by atoms with Gasteiger partial charge in [0, 0.05) is 25.3 Å². The van der Waals surface area contributed by atoms with E-state index < -0.39 is 0 Å². The van der Waals surface area contributed by atoms with E-state index in [9.17, 15) is 4.79 Å². The minimum Gasteiger partial charge on any atom is -0.369 e. The minimum atomic E-state index is 0.0702. The van der Waals surface area contributed by atoms with E-state index in [1.165, 1.54) is 38.5 Å². The lowest BCUT2D eigenvalue weighted by molar-refractivity contribution is 0.0958. The molecule has 1 aromatic rings. The molecule has 0 bridgehead atoms. The number of benzene rings is 1. The van der Waals surface area contributed by atoms with Crippen molar-refractivity contribution in [3.63, 3.8) is 0 Å². The van der Waals surface area contributed by atoms with Crippen LogP contribution < -0.4 is 10.2 Å². The fourth-order valence-electron chi connectivity index (χ4n) is 3.51.